The number of ether oxygens (including phenoxy) is 1. The zero-order valence-electron chi connectivity index (χ0n) is 10.7. The molecule has 0 N–H and O–H groups in total. The predicted octanol–water partition coefficient (Wildman–Crippen LogP) is 0.816. The van der Waals surface area contributed by atoms with E-state index in [1.807, 2.05) is 21.7 Å². The Hall–Kier alpha value is -1.40. The van der Waals surface area contributed by atoms with Gasteiger partial charge in [0.1, 0.15) is 6.61 Å². The molecular weight excluding hydrogens is 264 g/mol. The molecule has 0 spiro atoms. The van der Waals surface area contributed by atoms with Crippen LogP contribution in [0.5, 0.6) is 0 Å². The highest BCUT2D eigenvalue weighted by Gasteiger charge is 2.47. The van der Waals surface area contributed by atoms with Gasteiger partial charge in [-0.05, 0) is 11.4 Å². The highest BCUT2D eigenvalue weighted by atomic mass is 32.1. The number of likely N-dealkylation sites (tertiary alicyclic amines) is 1. The number of nitrogens with zero attached hydrogens (tertiary/aromatic N) is 2. The van der Waals surface area contributed by atoms with E-state index in [1.54, 1.807) is 16.2 Å². The number of thiophene rings is 1. The number of carbonyl (C=O) groups is 2. The molecule has 3 rings (SSSR count). The molecule has 0 unspecified atom stereocenters. The van der Waals surface area contributed by atoms with Crippen LogP contribution in [0.15, 0.2) is 16.8 Å². The Morgan fingerprint density at radius 2 is 2.32 bits per heavy atom. The highest BCUT2D eigenvalue weighted by Crippen LogP contribution is 2.35. The van der Waals surface area contributed by atoms with Crippen LogP contribution in [0.1, 0.15) is 0 Å². The van der Waals surface area contributed by atoms with Crippen LogP contribution >= 0.6 is 11.3 Å². The second-order valence-corrected chi connectivity index (χ2v) is 5.81. The van der Waals surface area contributed by atoms with Crippen molar-refractivity contribution in [2.75, 3.05) is 38.3 Å². The molecule has 2 fully saturated rings. The fourth-order valence-electron chi connectivity index (χ4n) is 2.92. The van der Waals surface area contributed by atoms with Crippen LogP contribution in [-0.2, 0) is 14.3 Å². The van der Waals surface area contributed by atoms with Crippen molar-refractivity contribution in [3.05, 3.63) is 16.8 Å². The topological polar surface area (TPSA) is 49.9 Å². The number of fused-ring (bicyclic) bond motifs is 1. The van der Waals surface area contributed by atoms with Gasteiger partial charge in [-0.15, -0.1) is 0 Å². The van der Waals surface area contributed by atoms with Gasteiger partial charge in [0.15, 0.2) is 0 Å². The summed E-state index contributed by atoms with van der Waals surface area (Å²) in [7, 11) is 1.51. The normalized spacial score (nSPS) is 26.1. The maximum Gasteiger partial charge on any atom is 0.248 e. The van der Waals surface area contributed by atoms with Gasteiger partial charge >= 0.3 is 0 Å². The van der Waals surface area contributed by atoms with E-state index in [9.17, 15) is 9.59 Å². The van der Waals surface area contributed by atoms with Crippen LogP contribution in [0.4, 0.5) is 5.69 Å². The first kappa shape index (κ1) is 12.6. The molecule has 2 aliphatic heterocycles. The number of anilines is 1. The lowest BCUT2D eigenvalue weighted by Crippen LogP contribution is -2.37. The molecule has 0 aromatic carbocycles. The zero-order valence-corrected chi connectivity index (χ0v) is 11.6. The third kappa shape index (κ3) is 2.15. The molecule has 0 saturated carbocycles. The maximum atomic E-state index is 12.4. The van der Waals surface area contributed by atoms with E-state index in [0.29, 0.717) is 13.1 Å². The molecule has 0 radical (unpaired) electrons. The molecule has 2 amide bonds. The molecule has 102 valence electrons. The Labute approximate surface area is 115 Å². The fourth-order valence-corrected chi connectivity index (χ4v) is 3.56. The van der Waals surface area contributed by atoms with Gasteiger partial charge in [-0.25, -0.2) is 0 Å². The monoisotopic (exact) mass is 280 g/mol. The van der Waals surface area contributed by atoms with Crippen molar-refractivity contribution in [2.45, 2.75) is 0 Å². The molecule has 3 heterocycles. The summed E-state index contributed by atoms with van der Waals surface area (Å²) in [4.78, 5) is 27.7. The summed E-state index contributed by atoms with van der Waals surface area (Å²) in [6.07, 6.45) is 0. The Balaban J connectivity index is 1.69. The standard InChI is InChI=1S/C13H16N2O3S/c1-18-7-12(16)14-4-9-5-15(10-2-3-19-8-10)13(17)11(9)6-14/h2-3,8-9,11H,4-7H2,1H3/t9-,11-/m0/s1. The molecule has 2 atom stereocenters. The fraction of sp³-hybridized carbons (Fsp3) is 0.538. The molecule has 0 bridgehead atoms. The second-order valence-electron chi connectivity index (χ2n) is 5.03. The summed E-state index contributed by atoms with van der Waals surface area (Å²) in [5.74, 6) is 0.344. The lowest BCUT2D eigenvalue weighted by molar-refractivity contribution is -0.134. The van der Waals surface area contributed by atoms with Crippen molar-refractivity contribution in [3.8, 4) is 0 Å². The van der Waals surface area contributed by atoms with Crippen LogP contribution < -0.4 is 4.90 Å². The summed E-state index contributed by atoms with van der Waals surface area (Å²) in [5, 5.41) is 3.97. The zero-order chi connectivity index (χ0) is 13.4. The van der Waals surface area contributed by atoms with Crippen LogP contribution in [0.25, 0.3) is 0 Å². The van der Waals surface area contributed by atoms with Gasteiger partial charge in [0.2, 0.25) is 11.8 Å². The van der Waals surface area contributed by atoms with Gasteiger partial charge in [-0.3, -0.25) is 9.59 Å². The highest BCUT2D eigenvalue weighted by molar-refractivity contribution is 7.08. The van der Waals surface area contributed by atoms with Crippen LogP contribution in [-0.4, -0.2) is 50.1 Å². The molecule has 6 heteroatoms. The van der Waals surface area contributed by atoms with Crippen LogP contribution in [0.2, 0.25) is 0 Å². The summed E-state index contributed by atoms with van der Waals surface area (Å²) >= 11 is 1.59. The molecule has 2 aliphatic rings. The van der Waals surface area contributed by atoms with Crippen LogP contribution in [0, 0.1) is 11.8 Å². The quantitative estimate of drug-likeness (QED) is 0.823. The van der Waals surface area contributed by atoms with Gasteiger partial charge in [-0.1, -0.05) is 0 Å². The van der Waals surface area contributed by atoms with Gasteiger partial charge in [0.05, 0.1) is 11.6 Å². The number of carbonyl (C=O) groups excluding carboxylic acids is 2. The minimum atomic E-state index is -0.0410. The smallest absolute Gasteiger partial charge is 0.248 e. The maximum absolute atomic E-state index is 12.4. The first-order valence-corrected chi connectivity index (χ1v) is 7.25. The van der Waals surface area contributed by atoms with E-state index >= 15 is 0 Å². The largest absolute Gasteiger partial charge is 0.375 e. The molecule has 5 nitrogen and oxygen atoms in total. The first-order chi connectivity index (χ1) is 9.20. The molecule has 0 aliphatic carbocycles. The molecule has 19 heavy (non-hydrogen) atoms. The Bertz CT molecular complexity index is 488. The third-order valence-corrected chi connectivity index (χ3v) is 4.55. The van der Waals surface area contributed by atoms with E-state index in [1.165, 1.54) is 7.11 Å². The van der Waals surface area contributed by atoms with Crippen molar-refractivity contribution in [2.24, 2.45) is 11.8 Å². The van der Waals surface area contributed by atoms with E-state index in [4.69, 9.17) is 4.74 Å². The number of amides is 2. The second kappa shape index (κ2) is 4.94. The van der Waals surface area contributed by atoms with Gasteiger partial charge in [0.25, 0.3) is 0 Å². The SMILES string of the molecule is COCC(=O)N1C[C@H]2CN(c3ccsc3)C(=O)[C@H]2C1. The minimum Gasteiger partial charge on any atom is -0.375 e. The van der Waals surface area contributed by atoms with Crippen molar-refractivity contribution >= 4 is 28.8 Å². The first-order valence-electron chi connectivity index (χ1n) is 6.31. The number of methoxy groups -OCH3 is 1. The molecule has 2 saturated heterocycles. The number of hydrogen-bond acceptors (Lipinski definition) is 4. The summed E-state index contributed by atoms with van der Waals surface area (Å²) in [6.45, 7) is 2.02. The van der Waals surface area contributed by atoms with Crippen LogP contribution in [0.3, 0.4) is 0 Å². The lowest BCUT2D eigenvalue weighted by atomic mass is 10.0. The predicted molar refractivity (Wildman–Crippen MR) is 72.1 cm³/mol. The Morgan fingerprint density at radius 1 is 1.47 bits per heavy atom. The van der Waals surface area contributed by atoms with Crippen molar-refractivity contribution in [1.29, 1.82) is 0 Å². The molecule has 1 aromatic rings. The minimum absolute atomic E-state index is 0.0215. The molecule has 1 aromatic heterocycles. The third-order valence-electron chi connectivity index (χ3n) is 3.88. The number of rotatable bonds is 3. The van der Waals surface area contributed by atoms with Crippen molar-refractivity contribution in [3.63, 3.8) is 0 Å². The van der Waals surface area contributed by atoms with E-state index < -0.39 is 0 Å². The summed E-state index contributed by atoms with van der Waals surface area (Å²) in [5.41, 5.74) is 0.985. The van der Waals surface area contributed by atoms with E-state index in [-0.39, 0.29) is 30.3 Å². The van der Waals surface area contributed by atoms with Crippen molar-refractivity contribution in [1.82, 2.24) is 4.90 Å². The summed E-state index contributed by atoms with van der Waals surface area (Å²) in [6, 6.07) is 1.97. The van der Waals surface area contributed by atoms with Gasteiger partial charge in [-0.2, -0.15) is 11.3 Å². The van der Waals surface area contributed by atoms with Crippen molar-refractivity contribution < 1.29 is 14.3 Å². The van der Waals surface area contributed by atoms with E-state index in [2.05, 4.69) is 0 Å². The lowest BCUT2D eigenvalue weighted by Gasteiger charge is -2.20. The summed E-state index contributed by atoms with van der Waals surface area (Å²) < 4.78 is 4.86. The Kier molecular flexibility index (Phi) is 3.28. The van der Waals surface area contributed by atoms with Gasteiger partial charge in [0, 0.05) is 38.0 Å². The van der Waals surface area contributed by atoms with Gasteiger partial charge < -0.3 is 14.5 Å². The average Bonchev–Trinajstić information content (AvgIpc) is 3.07. The van der Waals surface area contributed by atoms with E-state index in [0.717, 1.165) is 12.2 Å². The average molecular weight is 280 g/mol. The Morgan fingerprint density at radius 3 is 2.95 bits per heavy atom. The molecular formula is C13H16N2O3S. The number of hydrogen-bond donors (Lipinski definition) is 0.